The molecule has 1 aliphatic carbocycles. The Kier molecular flexibility index (Phi) is 12.9. The first kappa shape index (κ1) is 30.3. The van der Waals surface area contributed by atoms with E-state index in [1.807, 2.05) is 47.4 Å². The molecule has 1 fully saturated rings. The van der Waals surface area contributed by atoms with Gasteiger partial charge in [0.15, 0.2) is 6.10 Å². The zero-order valence-corrected chi connectivity index (χ0v) is 23.4. The molecule has 8 heteroatoms. The van der Waals surface area contributed by atoms with Crippen molar-refractivity contribution in [2.75, 3.05) is 38.7 Å². The minimum Gasteiger partial charge on any atom is -0.497 e. The molecule has 0 aromatic heterocycles. The van der Waals surface area contributed by atoms with E-state index in [2.05, 4.69) is 5.32 Å². The summed E-state index contributed by atoms with van der Waals surface area (Å²) in [6.07, 6.45) is 9.50. The first-order chi connectivity index (χ1) is 19.0. The number of nitrogens with one attached hydrogen (secondary N) is 1. The van der Waals surface area contributed by atoms with Crippen LogP contribution in [0.5, 0.6) is 11.5 Å². The Hall–Kier alpha value is -3.26. The monoisotopic (exact) mass is 540 g/mol. The van der Waals surface area contributed by atoms with Crippen molar-refractivity contribution >= 4 is 17.7 Å². The van der Waals surface area contributed by atoms with Crippen LogP contribution in [0.15, 0.2) is 48.5 Å². The van der Waals surface area contributed by atoms with E-state index in [9.17, 15) is 14.7 Å². The number of carboxylic acids is 1. The molecule has 1 aliphatic rings. The number of aliphatic carboxylic acids is 1. The fraction of sp³-hybridized carbons (Fsp3) is 0.548. The van der Waals surface area contributed by atoms with E-state index >= 15 is 0 Å². The largest absolute Gasteiger partial charge is 0.497 e. The van der Waals surface area contributed by atoms with E-state index < -0.39 is 12.1 Å². The lowest BCUT2D eigenvalue weighted by molar-refractivity contribution is -0.149. The normalized spacial score (nSPS) is 14.4. The minimum absolute atomic E-state index is 0.157. The zero-order chi connectivity index (χ0) is 27.9. The van der Waals surface area contributed by atoms with Crippen LogP contribution in [0.3, 0.4) is 0 Å². The summed E-state index contributed by atoms with van der Waals surface area (Å²) in [5.74, 6) is 1.23. The maximum absolute atomic E-state index is 13.2. The number of urea groups is 1. The van der Waals surface area contributed by atoms with Crippen molar-refractivity contribution < 1.29 is 28.9 Å². The molecule has 1 unspecified atom stereocenters. The van der Waals surface area contributed by atoms with E-state index in [1.54, 1.807) is 20.1 Å². The summed E-state index contributed by atoms with van der Waals surface area (Å²) in [5.41, 5.74) is 1.55. The van der Waals surface area contributed by atoms with Crippen molar-refractivity contribution in [2.45, 2.75) is 70.8 Å². The average molecular weight is 541 g/mol. The molecule has 0 bridgehead atoms. The molecule has 214 valence electrons. The predicted octanol–water partition coefficient (Wildman–Crippen LogP) is 6.39. The van der Waals surface area contributed by atoms with Gasteiger partial charge in [-0.2, -0.15) is 0 Å². The van der Waals surface area contributed by atoms with Crippen molar-refractivity contribution in [3.63, 3.8) is 0 Å². The Labute approximate surface area is 232 Å². The van der Waals surface area contributed by atoms with Crippen LogP contribution in [-0.4, -0.2) is 61.5 Å². The molecular formula is C31H44N2O6. The number of methoxy groups -OCH3 is 1. The van der Waals surface area contributed by atoms with Gasteiger partial charge in [0.25, 0.3) is 0 Å². The zero-order valence-electron chi connectivity index (χ0n) is 23.4. The highest BCUT2D eigenvalue weighted by molar-refractivity contribution is 5.89. The SMILES string of the molecule is CCOC(Cc1ccc(OCCN(CCCCC2CCCCC2)C(=O)Nc2cccc(OC)c2)cc1)C(=O)O. The summed E-state index contributed by atoms with van der Waals surface area (Å²) >= 11 is 0. The lowest BCUT2D eigenvalue weighted by Crippen LogP contribution is -2.38. The van der Waals surface area contributed by atoms with Crippen molar-refractivity contribution in [1.82, 2.24) is 4.90 Å². The van der Waals surface area contributed by atoms with Gasteiger partial charge in [0.1, 0.15) is 18.1 Å². The van der Waals surface area contributed by atoms with Gasteiger partial charge in [-0.3, -0.25) is 0 Å². The van der Waals surface area contributed by atoms with Gasteiger partial charge in [-0.05, 0) is 49.1 Å². The van der Waals surface area contributed by atoms with Gasteiger partial charge in [-0.15, -0.1) is 0 Å². The lowest BCUT2D eigenvalue weighted by atomic mass is 9.86. The standard InChI is InChI=1S/C31H44N2O6/c1-3-38-29(30(34)35)22-25-15-17-27(18-16-25)39-21-20-33(19-8-7-12-24-10-5-4-6-11-24)31(36)32-26-13-9-14-28(23-26)37-2/h9,13-18,23-24,29H,3-8,10-12,19-22H2,1-2H3,(H,32,36)(H,34,35). The van der Waals surface area contributed by atoms with Crippen molar-refractivity contribution in [3.05, 3.63) is 54.1 Å². The summed E-state index contributed by atoms with van der Waals surface area (Å²) < 4.78 is 16.5. The first-order valence-electron chi connectivity index (χ1n) is 14.2. The number of hydrogen-bond donors (Lipinski definition) is 2. The van der Waals surface area contributed by atoms with Crippen LogP contribution in [0.4, 0.5) is 10.5 Å². The smallest absolute Gasteiger partial charge is 0.333 e. The van der Waals surface area contributed by atoms with E-state index in [-0.39, 0.29) is 6.03 Å². The summed E-state index contributed by atoms with van der Waals surface area (Å²) in [7, 11) is 1.60. The number of anilines is 1. The third-order valence-corrected chi connectivity index (χ3v) is 7.24. The predicted molar refractivity (Wildman–Crippen MR) is 153 cm³/mol. The van der Waals surface area contributed by atoms with Crippen LogP contribution in [0.1, 0.15) is 63.9 Å². The molecule has 0 heterocycles. The van der Waals surface area contributed by atoms with Gasteiger partial charge in [0.2, 0.25) is 0 Å². The molecule has 2 amide bonds. The number of rotatable bonds is 16. The average Bonchev–Trinajstić information content (AvgIpc) is 2.95. The summed E-state index contributed by atoms with van der Waals surface area (Å²) in [6, 6.07) is 14.5. The molecular weight excluding hydrogens is 496 g/mol. The number of ether oxygens (including phenoxy) is 3. The van der Waals surface area contributed by atoms with E-state index in [4.69, 9.17) is 14.2 Å². The van der Waals surface area contributed by atoms with Gasteiger partial charge >= 0.3 is 12.0 Å². The number of amides is 2. The molecule has 3 rings (SSSR count). The number of nitrogens with zero attached hydrogens (tertiary/aromatic N) is 1. The van der Waals surface area contributed by atoms with E-state index in [0.717, 1.165) is 24.3 Å². The van der Waals surface area contributed by atoms with Gasteiger partial charge in [-0.1, -0.05) is 63.1 Å². The second-order valence-electron chi connectivity index (χ2n) is 10.1. The third-order valence-electron chi connectivity index (χ3n) is 7.24. The number of carboxylic acid groups (broad SMARTS) is 1. The number of hydrogen-bond acceptors (Lipinski definition) is 5. The molecule has 1 atom stereocenters. The molecule has 0 radical (unpaired) electrons. The van der Waals surface area contributed by atoms with Crippen molar-refractivity contribution in [2.24, 2.45) is 5.92 Å². The molecule has 39 heavy (non-hydrogen) atoms. The topological polar surface area (TPSA) is 97.3 Å². The number of carbonyl (C=O) groups is 2. The van der Waals surface area contributed by atoms with Gasteiger partial charge in [0, 0.05) is 31.3 Å². The first-order valence-corrected chi connectivity index (χ1v) is 14.2. The van der Waals surface area contributed by atoms with Crippen LogP contribution in [0.2, 0.25) is 0 Å². The lowest BCUT2D eigenvalue weighted by Gasteiger charge is -2.25. The Balaban J connectivity index is 1.52. The number of carbonyl (C=O) groups excluding carboxylic acids is 1. The summed E-state index contributed by atoms with van der Waals surface area (Å²) in [6.45, 7) is 3.60. The Morgan fingerprint density at radius 1 is 1.03 bits per heavy atom. The van der Waals surface area contributed by atoms with Crippen molar-refractivity contribution in [1.29, 1.82) is 0 Å². The highest BCUT2D eigenvalue weighted by Gasteiger charge is 2.18. The molecule has 8 nitrogen and oxygen atoms in total. The van der Waals surface area contributed by atoms with Crippen LogP contribution >= 0.6 is 0 Å². The summed E-state index contributed by atoms with van der Waals surface area (Å²) in [5, 5.41) is 12.3. The molecule has 1 saturated carbocycles. The minimum atomic E-state index is -0.969. The van der Waals surface area contributed by atoms with E-state index in [1.165, 1.54) is 38.5 Å². The third kappa shape index (κ3) is 10.8. The number of benzene rings is 2. The van der Waals surface area contributed by atoms with E-state index in [0.29, 0.717) is 49.9 Å². The molecule has 2 N–H and O–H groups in total. The molecule has 0 spiro atoms. The fourth-order valence-electron chi connectivity index (χ4n) is 5.06. The highest BCUT2D eigenvalue weighted by Crippen LogP contribution is 2.27. The Bertz CT molecular complexity index is 1010. The molecule has 0 saturated heterocycles. The fourth-order valence-corrected chi connectivity index (χ4v) is 5.06. The van der Waals surface area contributed by atoms with Crippen molar-refractivity contribution in [3.8, 4) is 11.5 Å². The van der Waals surface area contributed by atoms with Crippen LogP contribution in [0, 0.1) is 5.92 Å². The van der Waals surface area contributed by atoms with Crippen LogP contribution in [0.25, 0.3) is 0 Å². The Morgan fingerprint density at radius 2 is 1.79 bits per heavy atom. The molecule has 2 aromatic carbocycles. The second kappa shape index (κ2) is 16.6. The molecule has 2 aromatic rings. The maximum Gasteiger partial charge on any atom is 0.333 e. The van der Waals surface area contributed by atoms with Gasteiger partial charge < -0.3 is 29.5 Å². The Morgan fingerprint density at radius 3 is 2.49 bits per heavy atom. The van der Waals surface area contributed by atoms with Crippen LogP contribution in [-0.2, 0) is 16.0 Å². The van der Waals surface area contributed by atoms with Gasteiger partial charge in [-0.25, -0.2) is 9.59 Å². The maximum atomic E-state index is 13.2. The number of unbranched alkanes of at least 4 members (excludes halogenated alkanes) is 1. The highest BCUT2D eigenvalue weighted by atomic mass is 16.5. The quantitative estimate of drug-likeness (QED) is 0.240. The van der Waals surface area contributed by atoms with Gasteiger partial charge in [0.05, 0.1) is 13.7 Å². The summed E-state index contributed by atoms with van der Waals surface area (Å²) in [4.78, 5) is 26.3. The molecule has 0 aliphatic heterocycles. The second-order valence-corrected chi connectivity index (χ2v) is 10.1. The van der Waals surface area contributed by atoms with Crippen LogP contribution < -0.4 is 14.8 Å².